The van der Waals surface area contributed by atoms with Crippen molar-refractivity contribution in [2.24, 2.45) is 5.92 Å². The number of carboxylic acids is 3. The highest BCUT2D eigenvalue weighted by atomic mass is 16.4. The van der Waals surface area contributed by atoms with E-state index in [4.69, 9.17) is 0 Å². The lowest BCUT2D eigenvalue weighted by molar-refractivity contribution is -0.141. The van der Waals surface area contributed by atoms with E-state index >= 15 is 0 Å². The number of rotatable bonds is 9. The van der Waals surface area contributed by atoms with Crippen LogP contribution in [0.25, 0.3) is 0 Å². The summed E-state index contributed by atoms with van der Waals surface area (Å²) < 4.78 is 0. The first kappa shape index (κ1) is 26.0. The molecule has 0 aliphatic carbocycles. The molecular weight excluding hydrogens is 396 g/mol. The minimum atomic E-state index is -0.987. The minimum absolute atomic E-state index is 0.0580. The Morgan fingerprint density at radius 2 is 1.27 bits per heavy atom. The van der Waals surface area contributed by atoms with E-state index in [2.05, 4.69) is 0 Å². The van der Waals surface area contributed by atoms with Gasteiger partial charge in [-0.3, -0.25) is 34.0 Å². The van der Waals surface area contributed by atoms with Crippen molar-refractivity contribution in [3.63, 3.8) is 0 Å². The molecule has 1 rings (SSSR count). The first-order valence-electron chi connectivity index (χ1n) is 10.1. The highest BCUT2D eigenvalue weighted by Gasteiger charge is 2.28. The van der Waals surface area contributed by atoms with Crippen LogP contribution in [0.5, 0.6) is 0 Å². The van der Waals surface area contributed by atoms with E-state index in [1.807, 2.05) is 18.7 Å². The van der Waals surface area contributed by atoms with E-state index in [9.17, 15) is 34.5 Å². The van der Waals surface area contributed by atoms with E-state index < -0.39 is 17.9 Å². The highest BCUT2D eigenvalue weighted by molar-refractivity contribution is 5.70. The largest absolute Gasteiger partial charge is 0.480 e. The van der Waals surface area contributed by atoms with Gasteiger partial charge in [0, 0.05) is 51.9 Å². The predicted molar refractivity (Wildman–Crippen MR) is 108 cm³/mol. The van der Waals surface area contributed by atoms with Gasteiger partial charge in [-0.05, 0) is 5.92 Å². The summed E-state index contributed by atoms with van der Waals surface area (Å²) in [5.74, 6) is -2.87. The van der Waals surface area contributed by atoms with Crippen LogP contribution in [0.15, 0.2) is 0 Å². The molecule has 3 N–H and O–H groups in total. The van der Waals surface area contributed by atoms with Crippen LogP contribution in [0.1, 0.15) is 13.8 Å². The number of hydrogen-bond donors (Lipinski definition) is 3. The second kappa shape index (κ2) is 13.3. The highest BCUT2D eigenvalue weighted by Crippen LogP contribution is 2.14. The van der Waals surface area contributed by atoms with Crippen LogP contribution in [0.3, 0.4) is 0 Å². The van der Waals surface area contributed by atoms with E-state index in [-0.39, 0.29) is 38.1 Å². The van der Waals surface area contributed by atoms with Gasteiger partial charge in [0.05, 0.1) is 26.2 Å². The van der Waals surface area contributed by atoms with Gasteiger partial charge in [0.2, 0.25) is 0 Å². The summed E-state index contributed by atoms with van der Waals surface area (Å²) in [4.78, 5) is 52.3. The number of carboxylic acid groups (broad SMARTS) is 3. The van der Waals surface area contributed by atoms with E-state index in [1.54, 1.807) is 14.7 Å². The summed E-state index contributed by atoms with van der Waals surface area (Å²) in [6.07, 6.45) is 0.778. The lowest BCUT2D eigenvalue weighted by Gasteiger charge is -2.39. The smallest absolute Gasteiger partial charge is 0.317 e. The number of aliphatic carboxylic acids is 3. The Labute approximate surface area is 176 Å². The molecule has 1 atom stereocenters. The summed E-state index contributed by atoms with van der Waals surface area (Å²) in [5.41, 5.74) is 0. The maximum atomic E-state index is 11.4. The van der Waals surface area contributed by atoms with Gasteiger partial charge < -0.3 is 20.1 Å². The van der Waals surface area contributed by atoms with Gasteiger partial charge in [0.25, 0.3) is 0 Å². The molecule has 0 aromatic rings. The van der Waals surface area contributed by atoms with Crippen LogP contribution in [0.4, 0.5) is 0 Å². The second-order valence-corrected chi connectivity index (χ2v) is 7.94. The van der Waals surface area contributed by atoms with Gasteiger partial charge in [0.15, 0.2) is 0 Å². The predicted octanol–water partition coefficient (Wildman–Crippen LogP) is -1.31. The Hall–Kier alpha value is -2.08. The van der Waals surface area contributed by atoms with Crippen molar-refractivity contribution >= 4 is 24.2 Å². The molecule has 0 radical (unpaired) electrons. The molecular formula is C19H34N4O7. The van der Waals surface area contributed by atoms with E-state index in [0.717, 1.165) is 6.29 Å². The molecule has 1 unspecified atom stereocenters. The van der Waals surface area contributed by atoms with E-state index in [1.165, 1.54) is 0 Å². The van der Waals surface area contributed by atoms with Crippen molar-refractivity contribution in [1.29, 1.82) is 0 Å². The first-order chi connectivity index (χ1) is 14.1. The lowest BCUT2D eigenvalue weighted by atomic mass is 10.0. The topological polar surface area (TPSA) is 142 Å². The van der Waals surface area contributed by atoms with Crippen LogP contribution >= 0.6 is 0 Å². The van der Waals surface area contributed by atoms with Crippen LogP contribution in [0, 0.1) is 5.92 Å². The average molecular weight is 431 g/mol. The Morgan fingerprint density at radius 1 is 0.800 bits per heavy atom. The van der Waals surface area contributed by atoms with Crippen LogP contribution in [0.2, 0.25) is 0 Å². The van der Waals surface area contributed by atoms with Gasteiger partial charge >= 0.3 is 17.9 Å². The molecule has 1 heterocycles. The van der Waals surface area contributed by atoms with Crippen molar-refractivity contribution in [2.75, 3.05) is 72.0 Å². The molecule has 1 fully saturated rings. The Bertz CT molecular complexity index is 587. The molecule has 0 bridgehead atoms. The zero-order chi connectivity index (χ0) is 22.7. The third-order valence-electron chi connectivity index (χ3n) is 5.24. The summed E-state index contributed by atoms with van der Waals surface area (Å²) in [5, 5.41) is 27.9. The van der Waals surface area contributed by atoms with E-state index in [0.29, 0.717) is 45.8 Å². The third kappa shape index (κ3) is 10.1. The van der Waals surface area contributed by atoms with Crippen LogP contribution in [-0.2, 0) is 19.2 Å². The second-order valence-electron chi connectivity index (χ2n) is 7.94. The number of aldehydes is 1. The zero-order valence-electron chi connectivity index (χ0n) is 17.8. The van der Waals surface area contributed by atoms with Crippen molar-refractivity contribution in [1.82, 2.24) is 19.6 Å². The molecule has 0 amide bonds. The molecule has 1 aliphatic rings. The van der Waals surface area contributed by atoms with Gasteiger partial charge in [-0.2, -0.15) is 0 Å². The number of hydrogen-bond acceptors (Lipinski definition) is 8. The molecule has 1 aliphatic heterocycles. The van der Waals surface area contributed by atoms with Crippen LogP contribution in [-0.4, -0.2) is 137 Å². The maximum absolute atomic E-state index is 11.4. The average Bonchev–Trinajstić information content (AvgIpc) is 2.62. The van der Waals surface area contributed by atoms with Gasteiger partial charge in [-0.1, -0.05) is 13.8 Å². The quantitative estimate of drug-likeness (QED) is 0.375. The summed E-state index contributed by atoms with van der Waals surface area (Å²) in [6, 6.07) is -0.217. The summed E-state index contributed by atoms with van der Waals surface area (Å²) in [7, 11) is 0. The fourth-order valence-corrected chi connectivity index (χ4v) is 3.67. The molecule has 0 aromatic carbocycles. The molecule has 11 heteroatoms. The number of carbonyl (C=O) groups excluding carboxylic acids is 1. The molecule has 0 spiro atoms. The van der Waals surface area contributed by atoms with Crippen molar-refractivity contribution in [2.45, 2.75) is 19.9 Å². The molecule has 1 saturated heterocycles. The number of carbonyl (C=O) groups is 4. The zero-order valence-corrected chi connectivity index (χ0v) is 17.8. The molecule has 30 heavy (non-hydrogen) atoms. The standard InChI is InChI=1S/C19H34N4O7/c1-15(2)16-11-22(13-18(27)28)6-4-20(9-10-24)3-5-21(12-17(25)26)7-8-23(16)14-19(29)30/h10,15-16H,3-9,11-14H2,1-2H3,(H,25,26)(H,27,28)(H,29,30). The minimum Gasteiger partial charge on any atom is -0.480 e. The van der Waals surface area contributed by atoms with Gasteiger partial charge in [0.1, 0.15) is 6.29 Å². The fraction of sp³-hybridized carbons (Fsp3) is 0.789. The van der Waals surface area contributed by atoms with Gasteiger partial charge in [-0.25, -0.2) is 0 Å². The molecule has 11 nitrogen and oxygen atoms in total. The molecule has 0 saturated carbocycles. The lowest BCUT2D eigenvalue weighted by Crippen LogP contribution is -2.54. The van der Waals surface area contributed by atoms with Crippen molar-refractivity contribution in [3.05, 3.63) is 0 Å². The van der Waals surface area contributed by atoms with Crippen molar-refractivity contribution in [3.8, 4) is 0 Å². The first-order valence-corrected chi connectivity index (χ1v) is 10.1. The maximum Gasteiger partial charge on any atom is 0.317 e. The fourth-order valence-electron chi connectivity index (χ4n) is 3.67. The summed E-state index contributed by atoms with van der Waals surface area (Å²) in [6.45, 7) is 6.33. The number of nitrogens with zero attached hydrogens (tertiary/aromatic N) is 4. The Kier molecular flexibility index (Phi) is 11.5. The molecule has 0 aromatic heterocycles. The van der Waals surface area contributed by atoms with Gasteiger partial charge in [-0.15, -0.1) is 0 Å². The van der Waals surface area contributed by atoms with Crippen LogP contribution < -0.4 is 0 Å². The van der Waals surface area contributed by atoms with Crippen molar-refractivity contribution < 1.29 is 34.5 Å². The summed E-state index contributed by atoms with van der Waals surface area (Å²) >= 11 is 0. The third-order valence-corrected chi connectivity index (χ3v) is 5.24. The normalized spacial score (nSPS) is 21.6. The molecule has 172 valence electrons. The Balaban J connectivity index is 3.14. The Morgan fingerprint density at radius 3 is 1.77 bits per heavy atom. The SMILES string of the molecule is CC(C)C1CN(CC(=O)O)CCN(CC=O)CCN(CC(=O)O)CCN1CC(=O)O. The monoisotopic (exact) mass is 430 g/mol.